The average molecular weight is 355 g/mol. The summed E-state index contributed by atoms with van der Waals surface area (Å²) >= 11 is 0. The van der Waals surface area contributed by atoms with E-state index in [2.05, 4.69) is 10.1 Å². The minimum atomic E-state index is -0.0938. The lowest BCUT2D eigenvalue weighted by atomic mass is 9.98. The quantitative estimate of drug-likeness (QED) is 0.829. The fourth-order valence-corrected chi connectivity index (χ4v) is 4.11. The van der Waals surface area contributed by atoms with Gasteiger partial charge in [-0.05, 0) is 44.2 Å². The van der Waals surface area contributed by atoms with Crippen LogP contribution >= 0.6 is 0 Å². The molecule has 1 saturated heterocycles. The van der Waals surface area contributed by atoms with Crippen molar-refractivity contribution in [2.75, 3.05) is 13.7 Å². The van der Waals surface area contributed by atoms with Crippen LogP contribution in [0, 0.1) is 5.92 Å². The molecule has 1 saturated carbocycles. The summed E-state index contributed by atoms with van der Waals surface area (Å²) in [5.41, 5.74) is 0.851. The molecule has 1 aliphatic heterocycles. The Balaban J connectivity index is 1.57. The predicted octanol–water partition coefficient (Wildman–Crippen LogP) is 3.99. The lowest BCUT2D eigenvalue weighted by Crippen LogP contribution is -2.41. The Bertz CT molecular complexity index is 767. The highest BCUT2D eigenvalue weighted by Crippen LogP contribution is 2.35. The Morgan fingerprint density at radius 1 is 1.19 bits per heavy atom. The summed E-state index contributed by atoms with van der Waals surface area (Å²) in [6, 6.07) is 7.51. The summed E-state index contributed by atoms with van der Waals surface area (Å²) in [5, 5.41) is 4.15. The Hall–Kier alpha value is -2.37. The van der Waals surface area contributed by atoms with E-state index in [0.717, 1.165) is 62.8 Å². The van der Waals surface area contributed by atoms with E-state index in [1.54, 1.807) is 7.11 Å². The lowest BCUT2D eigenvalue weighted by molar-refractivity contribution is -0.140. The minimum absolute atomic E-state index is 0.0938. The first-order chi connectivity index (χ1) is 12.8. The number of aromatic nitrogens is 2. The van der Waals surface area contributed by atoms with Gasteiger partial charge in [0, 0.05) is 18.0 Å². The molecule has 26 heavy (non-hydrogen) atoms. The first-order valence-electron chi connectivity index (χ1n) is 9.55. The molecule has 2 aliphatic rings. The molecular weight excluding hydrogens is 330 g/mol. The van der Waals surface area contributed by atoms with Gasteiger partial charge in [0.15, 0.2) is 0 Å². The Morgan fingerprint density at radius 3 is 2.81 bits per heavy atom. The molecule has 2 fully saturated rings. The van der Waals surface area contributed by atoms with Crippen LogP contribution in [0.15, 0.2) is 28.8 Å². The van der Waals surface area contributed by atoms with Gasteiger partial charge in [-0.1, -0.05) is 30.1 Å². The molecule has 2 heterocycles. The van der Waals surface area contributed by atoms with Gasteiger partial charge in [-0.2, -0.15) is 4.98 Å². The molecule has 1 atom stereocenters. The monoisotopic (exact) mass is 355 g/mol. The van der Waals surface area contributed by atoms with E-state index in [0.29, 0.717) is 11.7 Å². The predicted molar refractivity (Wildman–Crippen MR) is 96.5 cm³/mol. The number of carbonyl (C=O) groups is 1. The maximum Gasteiger partial charge on any atom is 0.249 e. The molecule has 1 aromatic carbocycles. The fourth-order valence-electron chi connectivity index (χ4n) is 4.11. The Kier molecular flexibility index (Phi) is 4.91. The highest BCUT2D eigenvalue weighted by molar-refractivity contribution is 5.79. The fraction of sp³-hybridized carbons (Fsp3) is 0.550. The molecule has 0 radical (unpaired) electrons. The van der Waals surface area contributed by atoms with Crippen LogP contribution in [0.25, 0.3) is 11.4 Å². The number of likely N-dealkylation sites (tertiary alicyclic amines) is 1. The zero-order valence-electron chi connectivity index (χ0n) is 15.2. The van der Waals surface area contributed by atoms with Crippen LogP contribution in [0.2, 0.25) is 0 Å². The Morgan fingerprint density at radius 2 is 2.00 bits per heavy atom. The lowest BCUT2D eigenvalue weighted by Gasteiger charge is -2.35. The third-order valence-corrected chi connectivity index (χ3v) is 5.55. The van der Waals surface area contributed by atoms with Crippen molar-refractivity contribution in [1.29, 1.82) is 0 Å². The van der Waals surface area contributed by atoms with Gasteiger partial charge >= 0.3 is 0 Å². The van der Waals surface area contributed by atoms with Crippen molar-refractivity contribution in [3.63, 3.8) is 0 Å². The number of nitrogens with zero attached hydrogens (tertiary/aromatic N) is 3. The molecule has 138 valence electrons. The summed E-state index contributed by atoms with van der Waals surface area (Å²) in [6.45, 7) is 0.789. The van der Waals surface area contributed by atoms with Gasteiger partial charge in [0.2, 0.25) is 17.6 Å². The van der Waals surface area contributed by atoms with E-state index in [1.807, 2.05) is 29.2 Å². The minimum Gasteiger partial charge on any atom is -0.497 e. The molecule has 1 aliphatic carbocycles. The summed E-state index contributed by atoms with van der Waals surface area (Å²) in [4.78, 5) is 19.6. The van der Waals surface area contributed by atoms with Crippen LogP contribution in [-0.4, -0.2) is 34.6 Å². The van der Waals surface area contributed by atoms with Gasteiger partial charge in [-0.15, -0.1) is 0 Å². The second kappa shape index (κ2) is 7.48. The van der Waals surface area contributed by atoms with E-state index < -0.39 is 0 Å². The summed E-state index contributed by atoms with van der Waals surface area (Å²) in [5.74, 6) is 2.29. The standard InChI is InChI=1S/C20H25N3O3/c1-25-16-10-6-9-15(13-16)18-21-19(26-22-18)17-11-4-5-12-23(17)20(24)14-7-2-3-8-14/h6,9-10,13-14,17H,2-5,7-8,11-12H2,1H3. The maximum absolute atomic E-state index is 13.0. The molecule has 4 rings (SSSR count). The van der Waals surface area contributed by atoms with Crippen LogP contribution in [0.4, 0.5) is 0 Å². The van der Waals surface area contributed by atoms with Crippen molar-refractivity contribution < 1.29 is 14.1 Å². The molecule has 1 unspecified atom stereocenters. The van der Waals surface area contributed by atoms with E-state index in [1.165, 1.54) is 0 Å². The van der Waals surface area contributed by atoms with E-state index in [9.17, 15) is 4.79 Å². The third-order valence-electron chi connectivity index (χ3n) is 5.55. The number of piperidine rings is 1. The van der Waals surface area contributed by atoms with E-state index in [4.69, 9.17) is 9.26 Å². The zero-order chi connectivity index (χ0) is 17.9. The van der Waals surface area contributed by atoms with Crippen molar-refractivity contribution in [2.45, 2.75) is 51.0 Å². The largest absolute Gasteiger partial charge is 0.497 e. The van der Waals surface area contributed by atoms with Crippen LogP contribution < -0.4 is 4.74 Å². The molecule has 6 nitrogen and oxygen atoms in total. The molecule has 1 amide bonds. The molecule has 0 bridgehead atoms. The first kappa shape index (κ1) is 17.1. The smallest absolute Gasteiger partial charge is 0.249 e. The molecule has 6 heteroatoms. The molecular formula is C20H25N3O3. The number of hydrogen-bond acceptors (Lipinski definition) is 5. The normalized spacial score (nSPS) is 21.1. The number of hydrogen-bond donors (Lipinski definition) is 0. The highest BCUT2D eigenvalue weighted by Gasteiger charge is 2.36. The highest BCUT2D eigenvalue weighted by atomic mass is 16.5. The number of rotatable bonds is 4. The number of ether oxygens (including phenoxy) is 1. The van der Waals surface area contributed by atoms with E-state index >= 15 is 0 Å². The van der Waals surface area contributed by atoms with E-state index in [-0.39, 0.29) is 17.9 Å². The molecule has 1 aromatic heterocycles. The second-order valence-corrected chi connectivity index (χ2v) is 7.21. The molecule has 0 N–H and O–H groups in total. The summed E-state index contributed by atoms with van der Waals surface area (Å²) in [6.07, 6.45) is 7.37. The number of amides is 1. The van der Waals surface area contributed by atoms with Gasteiger partial charge in [0.05, 0.1) is 7.11 Å². The van der Waals surface area contributed by atoms with Crippen LogP contribution in [-0.2, 0) is 4.79 Å². The number of benzene rings is 1. The summed E-state index contributed by atoms with van der Waals surface area (Å²) in [7, 11) is 1.63. The topological polar surface area (TPSA) is 68.5 Å². The van der Waals surface area contributed by atoms with Crippen LogP contribution in [0.3, 0.4) is 0 Å². The zero-order valence-corrected chi connectivity index (χ0v) is 15.2. The average Bonchev–Trinajstić information content (AvgIpc) is 3.39. The van der Waals surface area contributed by atoms with Crippen LogP contribution in [0.5, 0.6) is 5.75 Å². The molecule has 0 spiro atoms. The molecule has 2 aromatic rings. The summed E-state index contributed by atoms with van der Waals surface area (Å²) < 4.78 is 10.8. The number of carbonyl (C=O) groups excluding carboxylic acids is 1. The van der Waals surface area contributed by atoms with Gasteiger partial charge in [0.1, 0.15) is 11.8 Å². The number of methoxy groups -OCH3 is 1. The van der Waals surface area contributed by atoms with Crippen molar-refractivity contribution in [1.82, 2.24) is 15.0 Å². The third kappa shape index (κ3) is 3.32. The first-order valence-corrected chi connectivity index (χ1v) is 9.55. The van der Waals surface area contributed by atoms with Gasteiger partial charge in [-0.3, -0.25) is 4.79 Å². The van der Waals surface area contributed by atoms with Crippen molar-refractivity contribution in [3.8, 4) is 17.1 Å². The van der Waals surface area contributed by atoms with Crippen molar-refractivity contribution in [3.05, 3.63) is 30.2 Å². The maximum atomic E-state index is 13.0. The van der Waals surface area contributed by atoms with Gasteiger partial charge in [-0.25, -0.2) is 0 Å². The SMILES string of the molecule is COc1cccc(-c2noc(C3CCCCN3C(=O)C3CCCC3)n2)c1. The van der Waals surface area contributed by atoms with Crippen molar-refractivity contribution >= 4 is 5.91 Å². The van der Waals surface area contributed by atoms with Crippen molar-refractivity contribution in [2.24, 2.45) is 5.92 Å². The van der Waals surface area contributed by atoms with Gasteiger partial charge in [0.25, 0.3) is 0 Å². The van der Waals surface area contributed by atoms with Gasteiger partial charge < -0.3 is 14.2 Å². The Labute approximate surface area is 153 Å². The second-order valence-electron chi connectivity index (χ2n) is 7.21. The van der Waals surface area contributed by atoms with Crippen LogP contribution in [0.1, 0.15) is 56.9 Å².